The van der Waals surface area contributed by atoms with Crippen molar-refractivity contribution in [3.63, 3.8) is 0 Å². The maximum Gasteiger partial charge on any atom is 0.305 e. The molecule has 0 rings (SSSR count). The van der Waals surface area contributed by atoms with Crippen LogP contribution in [0.3, 0.4) is 0 Å². The van der Waals surface area contributed by atoms with Gasteiger partial charge >= 0.3 is 5.97 Å². The average molecular weight is 257 g/mol. The molecule has 0 saturated carbocycles. The van der Waals surface area contributed by atoms with Gasteiger partial charge in [0.1, 0.15) is 0 Å². The van der Waals surface area contributed by atoms with E-state index in [0.717, 1.165) is 19.5 Å². The number of ether oxygens (including phenoxy) is 1. The lowest BCUT2D eigenvalue weighted by Gasteiger charge is -2.04. The smallest absolute Gasteiger partial charge is 0.305 e. The van der Waals surface area contributed by atoms with Crippen molar-refractivity contribution < 1.29 is 9.53 Å². The van der Waals surface area contributed by atoms with Gasteiger partial charge in [0.25, 0.3) is 0 Å². The average Bonchev–Trinajstić information content (AvgIpc) is 2.39. The fraction of sp³-hybridized carbons (Fsp3) is 0.933. The summed E-state index contributed by atoms with van der Waals surface area (Å²) in [5.41, 5.74) is 0. The lowest BCUT2D eigenvalue weighted by Crippen LogP contribution is -2.17. The summed E-state index contributed by atoms with van der Waals surface area (Å²) in [6.07, 6.45) is 12.3. The Balaban J connectivity index is 2.97. The molecule has 0 aromatic heterocycles. The number of esters is 1. The first-order chi connectivity index (χ1) is 8.81. The van der Waals surface area contributed by atoms with Gasteiger partial charge in [-0.3, -0.25) is 4.79 Å². The molecule has 0 amide bonds. The van der Waals surface area contributed by atoms with Crippen LogP contribution in [0.2, 0.25) is 0 Å². The fourth-order valence-corrected chi connectivity index (χ4v) is 1.97. The standard InChI is InChI=1S/C15H31NO2/c1-3-4-5-6-7-8-9-10-13-16-14-11-12-15(17)18-2/h16H,3-14H2,1-2H3. The number of rotatable bonds is 13. The van der Waals surface area contributed by atoms with E-state index in [1.807, 2.05) is 0 Å². The zero-order valence-corrected chi connectivity index (χ0v) is 12.3. The molecule has 0 spiro atoms. The van der Waals surface area contributed by atoms with E-state index < -0.39 is 0 Å². The molecule has 0 unspecified atom stereocenters. The van der Waals surface area contributed by atoms with E-state index >= 15 is 0 Å². The maximum atomic E-state index is 10.8. The molecule has 0 radical (unpaired) electrons. The first kappa shape index (κ1) is 17.4. The van der Waals surface area contributed by atoms with E-state index in [0.29, 0.717) is 6.42 Å². The number of hydrogen-bond donors (Lipinski definition) is 1. The molecule has 18 heavy (non-hydrogen) atoms. The number of carbonyl (C=O) groups is 1. The second kappa shape index (κ2) is 14.5. The van der Waals surface area contributed by atoms with Crippen LogP contribution in [0.4, 0.5) is 0 Å². The summed E-state index contributed by atoms with van der Waals surface area (Å²) in [7, 11) is 1.44. The molecule has 0 aromatic carbocycles. The molecule has 3 nitrogen and oxygen atoms in total. The molecule has 0 heterocycles. The van der Waals surface area contributed by atoms with Gasteiger partial charge in [-0.25, -0.2) is 0 Å². The third-order valence-electron chi connectivity index (χ3n) is 3.17. The summed E-state index contributed by atoms with van der Waals surface area (Å²) < 4.78 is 4.58. The highest BCUT2D eigenvalue weighted by Gasteiger charge is 1.98. The van der Waals surface area contributed by atoms with Crippen molar-refractivity contribution in [2.24, 2.45) is 0 Å². The second-order valence-electron chi connectivity index (χ2n) is 4.90. The van der Waals surface area contributed by atoms with E-state index in [-0.39, 0.29) is 5.97 Å². The van der Waals surface area contributed by atoms with E-state index in [2.05, 4.69) is 17.0 Å². The van der Waals surface area contributed by atoms with Crippen molar-refractivity contribution in [1.82, 2.24) is 5.32 Å². The van der Waals surface area contributed by atoms with Gasteiger partial charge in [0.15, 0.2) is 0 Å². The Labute approximate surface area is 113 Å². The molecule has 0 aromatic rings. The molecular weight excluding hydrogens is 226 g/mol. The Morgan fingerprint density at radius 2 is 1.44 bits per heavy atom. The number of carbonyl (C=O) groups excluding carboxylic acids is 1. The molecule has 0 aliphatic rings. The molecule has 0 aliphatic heterocycles. The summed E-state index contributed by atoms with van der Waals surface area (Å²) >= 11 is 0. The Kier molecular flexibility index (Phi) is 14.0. The molecule has 0 saturated heterocycles. The Morgan fingerprint density at radius 3 is 2.06 bits per heavy atom. The van der Waals surface area contributed by atoms with Crippen LogP contribution in [0.15, 0.2) is 0 Å². The van der Waals surface area contributed by atoms with Crippen molar-refractivity contribution in [3.05, 3.63) is 0 Å². The van der Waals surface area contributed by atoms with Gasteiger partial charge in [-0.1, -0.05) is 51.9 Å². The van der Waals surface area contributed by atoms with Gasteiger partial charge < -0.3 is 10.1 Å². The topological polar surface area (TPSA) is 38.3 Å². The van der Waals surface area contributed by atoms with Crippen LogP contribution in [0.25, 0.3) is 0 Å². The van der Waals surface area contributed by atoms with Gasteiger partial charge in [-0.05, 0) is 25.9 Å². The van der Waals surface area contributed by atoms with Gasteiger partial charge in [0.2, 0.25) is 0 Å². The fourth-order valence-electron chi connectivity index (χ4n) is 1.97. The number of unbranched alkanes of at least 4 members (excludes halogenated alkanes) is 7. The van der Waals surface area contributed by atoms with Crippen LogP contribution in [-0.2, 0) is 9.53 Å². The summed E-state index contributed by atoms with van der Waals surface area (Å²) in [5.74, 6) is -0.108. The Hall–Kier alpha value is -0.570. The highest BCUT2D eigenvalue weighted by molar-refractivity contribution is 5.68. The molecule has 0 atom stereocenters. The molecule has 0 bridgehead atoms. The van der Waals surface area contributed by atoms with Crippen molar-refractivity contribution in [2.45, 2.75) is 71.1 Å². The molecule has 0 aliphatic carbocycles. The molecule has 0 fully saturated rings. The van der Waals surface area contributed by atoms with E-state index in [1.54, 1.807) is 0 Å². The molecular formula is C15H31NO2. The summed E-state index contributed by atoms with van der Waals surface area (Å²) in [6, 6.07) is 0. The molecule has 108 valence electrons. The lowest BCUT2D eigenvalue weighted by atomic mass is 10.1. The van der Waals surface area contributed by atoms with Crippen molar-refractivity contribution in [2.75, 3.05) is 20.2 Å². The Morgan fingerprint density at radius 1 is 0.889 bits per heavy atom. The van der Waals surface area contributed by atoms with Crippen LogP contribution in [0.5, 0.6) is 0 Å². The predicted molar refractivity (Wildman–Crippen MR) is 76.7 cm³/mol. The quantitative estimate of drug-likeness (QED) is 0.404. The summed E-state index contributed by atoms with van der Waals surface area (Å²) in [5, 5.41) is 3.37. The van der Waals surface area contributed by atoms with Gasteiger partial charge in [0.05, 0.1) is 7.11 Å². The first-order valence-corrected chi connectivity index (χ1v) is 7.58. The first-order valence-electron chi connectivity index (χ1n) is 7.58. The van der Waals surface area contributed by atoms with Gasteiger partial charge in [-0.15, -0.1) is 0 Å². The molecule has 1 N–H and O–H groups in total. The van der Waals surface area contributed by atoms with Crippen LogP contribution in [-0.4, -0.2) is 26.2 Å². The van der Waals surface area contributed by atoms with Crippen molar-refractivity contribution in [3.8, 4) is 0 Å². The predicted octanol–water partition coefficient (Wildman–Crippen LogP) is 3.67. The SMILES string of the molecule is CCCCCCCCCCNCCCC(=O)OC. The number of hydrogen-bond acceptors (Lipinski definition) is 3. The minimum Gasteiger partial charge on any atom is -0.469 e. The van der Waals surface area contributed by atoms with Gasteiger partial charge in [-0.2, -0.15) is 0 Å². The normalized spacial score (nSPS) is 10.6. The minimum atomic E-state index is -0.108. The Bertz CT molecular complexity index is 183. The minimum absolute atomic E-state index is 0.108. The van der Waals surface area contributed by atoms with Crippen molar-refractivity contribution in [1.29, 1.82) is 0 Å². The molecule has 3 heteroatoms. The van der Waals surface area contributed by atoms with Crippen LogP contribution in [0.1, 0.15) is 71.1 Å². The summed E-state index contributed by atoms with van der Waals surface area (Å²) in [4.78, 5) is 10.8. The third kappa shape index (κ3) is 13.5. The van der Waals surface area contributed by atoms with Crippen LogP contribution in [0, 0.1) is 0 Å². The zero-order chi connectivity index (χ0) is 13.5. The number of methoxy groups -OCH3 is 1. The van der Waals surface area contributed by atoms with Crippen LogP contribution < -0.4 is 5.32 Å². The third-order valence-corrected chi connectivity index (χ3v) is 3.17. The van der Waals surface area contributed by atoms with Crippen molar-refractivity contribution >= 4 is 5.97 Å². The number of nitrogens with one attached hydrogen (secondary N) is 1. The second-order valence-corrected chi connectivity index (χ2v) is 4.90. The van der Waals surface area contributed by atoms with E-state index in [4.69, 9.17) is 0 Å². The highest BCUT2D eigenvalue weighted by atomic mass is 16.5. The lowest BCUT2D eigenvalue weighted by molar-refractivity contribution is -0.140. The highest BCUT2D eigenvalue weighted by Crippen LogP contribution is 2.07. The van der Waals surface area contributed by atoms with E-state index in [1.165, 1.54) is 58.5 Å². The summed E-state index contributed by atoms with van der Waals surface area (Å²) in [6.45, 7) is 4.26. The largest absolute Gasteiger partial charge is 0.469 e. The van der Waals surface area contributed by atoms with Gasteiger partial charge in [0, 0.05) is 6.42 Å². The monoisotopic (exact) mass is 257 g/mol. The zero-order valence-electron chi connectivity index (χ0n) is 12.3. The van der Waals surface area contributed by atoms with Crippen LogP contribution >= 0.6 is 0 Å². The van der Waals surface area contributed by atoms with E-state index in [9.17, 15) is 4.79 Å². The maximum absolute atomic E-state index is 10.8.